The number of anilines is 3. The predicted molar refractivity (Wildman–Crippen MR) is 126 cm³/mol. The highest BCUT2D eigenvalue weighted by molar-refractivity contribution is 6.03. The zero-order chi connectivity index (χ0) is 22.5. The van der Waals surface area contributed by atoms with E-state index in [4.69, 9.17) is 14.1 Å². The molecule has 1 aliphatic carbocycles. The van der Waals surface area contributed by atoms with Crippen LogP contribution in [-0.4, -0.2) is 54.2 Å². The average molecular weight is 444 g/mol. The molecule has 3 aromatic heterocycles. The van der Waals surface area contributed by atoms with E-state index in [0.29, 0.717) is 23.1 Å². The third-order valence-electron chi connectivity index (χ3n) is 6.36. The number of fused-ring (bicyclic) bond motifs is 2. The van der Waals surface area contributed by atoms with Crippen LogP contribution in [0.15, 0.2) is 41.1 Å². The highest BCUT2D eigenvalue weighted by Crippen LogP contribution is 2.36. The molecular weight excluding hydrogens is 420 g/mol. The summed E-state index contributed by atoms with van der Waals surface area (Å²) in [5.41, 5.74) is 3.32. The van der Waals surface area contributed by atoms with Crippen molar-refractivity contribution in [1.29, 1.82) is 0 Å². The Hall–Kier alpha value is -3.72. The van der Waals surface area contributed by atoms with Gasteiger partial charge in [0.25, 0.3) is 0 Å². The van der Waals surface area contributed by atoms with Crippen molar-refractivity contribution in [2.45, 2.75) is 18.9 Å². The number of nitrogens with one attached hydrogen (secondary N) is 2. The average Bonchev–Trinajstić information content (AvgIpc) is 3.57. The second kappa shape index (κ2) is 7.70. The summed E-state index contributed by atoms with van der Waals surface area (Å²) < 4.78 is 11.6. The van der Waals surface area contributed by atoms with Crippen molar-refractivity contribution in [2.24, 2.45) is 5.92 Å². The summed E-state index contributed by atoms with van der Waals surface area (Å²) >= 11 is 0. The first-order valence-corrected chi connectivity index (χ1v) is 11.1. The highest BCUT2D eigenvalue weighted by Gasteiger charge is 2.30. The van der Waals surface area contributed by atoms with Gasteiger partial charge in [0.2, 0.25) is 11.8 Å². The van der Waals surface area contributed by atoms with Gasteiger partial charge < -0.3 is 24.7 Å². The maximum absolute atomic E-state index is 12.2. The van der Waals surface area contributed by atoms with Gasteiger partial charge >= 0.3 is 0 Å². The maximum atomic E-state index is 12.2. The molecule has 0 spiro atoms. The largest absolute Gasteiger partial charge is 0.436 e. The fraction of sp³-hybridized carbons (Fsp3) is 0.333. The molecule has 9 nitrogen and oxygen atoms in total. The first kappa shape index (κ1) is 19.9. The molecule has 2 fully saturated rings. The van der Waals surface area contributed by atoms with Crippen molar-refractivity contribution >= 4 is 45.1 Å². The Balaban J connectivity index is 1.39. The fourth-order valence-corrected chi connectivity index (χ4v) is 4.17. The minimum atomic E-state index is 0.0161. The minimum absolute atomic E-state index is 0.0161. The molecule has 6 rings (SSSR count). The maximum Gasteiger partial charge on any atom is 0.229 e. The van der Waals surface area contributed by atoms with Crippen molar-refractivity contribution in [3.05, 3.63) is 36.7 Å². The molecule has 4 aromatic rings. The molecular formula is C24H24N6O3. The molecule has 1 saturated heterocycles. The number of benzene rings is 1. The summed E-state index contributed by atoms with van der Waals surface area (Å²) in [6.07, 6.45) is 5.61. The number of hydrogen-bond acceptors (Lipinski definition) is 8. The van der Waals surface area contributed by atoms with E-state index in [0.717, 1.165) is 53.5 Å². The van der Waals surface area contributed by atoms with Gasteiger partial charge in [-0.05, 0) is 31.0 Å². The lowest BCUT2D eigenvalue weighted by Crippen LogP contribution is -2.51. The van der Waals surface area contributed by atoms with E-state index >= 15 is 0 Å². The number of hydrogen-bond donors (Lipinski definition) is 2. The summed E-state index contributed by atoms with van der Waals surface area (Å²) in [5, 5.41) is 7.70. The van der Waals surface area contributed by atoms with Crippen LogP contribution in [0.25, 0.3) is 33.3 Å². The van der Waals surface area contributed by atoms with Gasteiger partial charge in [-0.25, -0.2) is 15.0 Å². The van der Waals surface area contributed by atoms with Gasteiger partial charge in [-0.1, -0.05) is 0 Å². The number of amides is 1. The van der Waals surface area contributed by atoms with E-state index in [-0.39, 0.29) is 17.9 Å². The minimum Gasteiger partial charge on any atom is -0.436 e. The Labute approximate surface area is 190 Å². The Kier molecular flexibility index (Phi) is 4.65. The van der Waals surface area contributed by atoms with Crippen LogP contribution in [0.5, 0.6) is 0 Å². The topological polar surface area (TPSA) is 105 Å². The van der Waals surface area contributed by atoms with Gasteiger partial charge in [-0.15, -0.1) is 0 Å². The smallest absolute Gasteiger partial charge is 0.229 e. The summed E-state index contributed by atoms with van der Waals surface area (Å²) in [6.45, 7) is 1.73. The first-order chi connectivity index (χ1) is 16.1. The van der Waals surface area contributed by atoms with Gasteiger partial charge in [0.05, 0.1) is 11.7 Å². The van der Waals surface area contributed by atoms with Crippen LogP contribution in [0.4, 0.5) is 17.3 Å². The Morgan fingerprint density at radius 1 is 1.15 bits per heavy atom. The Morgan fingerprint density at radius 3 is 2.76 bits per heavy atom. The monoisotopic (exact) mass is 444 g/mol. The van der Waals surface area contributed by atoms with Crippen LogP contribution >= 0.6 is 0 Å². The standard InChI is InChI=1S/C24H24N6O3/c1-25-22-17-9-26-21(29-23(31)13-3-4-13)8-16(17)18(10-27-22)24-28-19-6-5-14(7-20(19)33-24)30-11-15(12-30)32-2/h5-10,13,15H,3-4,11-12H2,1-2H3,(H,25,27)(H,26,29,31). The molecule has 1 saturated carbocycles. The van der Waals surface area contributed by atoms with Crippen LogP contribution < -0.4 is 15.5 Å². The van der Waals surface area contributed by atoms with Crippen LogP contribution in [-0.2, 0) is 9.53 Å². The zero-order valence-electron chi connectivity index (χ0n) is 18.5. The van der Waals surface area contributed by atoms with Gasteiger partial charge in [-0.2, -0.15) is 0 Å². The fourth-order valence-electron chi connectivity index (χ4n) is 4.17. The number of oxazole rings is 1. The number of rotatable bonds is 6. The molecule has 0 bridgehead atoms. The molecule has 0 atom stereocenters. The van der Waals surface area contributed by atoms with Crippen molar-refractivity contribution in [3.8, 4) is 11.5 Å². The number of nitrogens with zero attached hydrogens (tertiary/aromatic N) is 4. The SMILES string of the molecule is CNc1ncc(-c2nc3ccc(N4CC(OC)C4)cc3o2)c2cc(NC(=O)C3CC3)ncc12. The second-order valence-electron chi connectivity index (χ2n) is 8.58. The lowest BCUT2D eigenvalue weighted by molar-refractivity contribution is -0.117. The predicted octanol–water partition coefficient (Wildman–Crippen LogP) is 3.66. The zero-order valence-corrected chi connectivity index (χ0v) is 18.5. The van der Waals surface area contributed by atoms with E-state index < -0.39 is 0 Å². The summed E-state index contributed by atoms with van der Waals surface area (Å²) in [5.74, 6) is 1.81. The molecule has 1 amide bonds. The molecule has 0 unspecified atom stereocenters. The summed E-state index contributed by atoms with van der Waals surface area (Å²) in [4.78, 5) is 28.2. The van der Waals surface area contributed by atoms with Gasteiger partial charge in [-0.3, -0.25) is 4.79 Å². The highest BCUT2D eigenvalue weighted by atomic mass is 16.5. The van der Waals surface area contributed by atoms with E-state index in [2.05, 4.69) is 31.6 Å². The van der Waals surface area contributed by atoms with Gasteiger partial charge in [0.1, 0.15) is 17.2 Å². The molecule has 1 aliphatic heterocycles. The van der Waals surface area contributed by atoms with E-state index in [1.807, 2.05) is 25.2 Å². The van der Waals surface area contributed by atoms with Gasteiger partial charge in [0, 0.05) is 68.1 Å². The summed E-state index contributed by atoms with van der Waals surface area (Å²) in [7, 11) is 3.55. The number of ether oxygens (including phenoxy) is 1. The van der Waals surface area contributed by atoms with Crippen molar-refractivity contribution in [3.63, 3.8) is 0 Å². The second-order valence-corrected chi connectivity index (χ2v) is 8.58. The number of pyridine rings is 2. The normalized spacial score (nSPS) is 16.2. The van der Waals surface area contributed by atoms with Crippen molar-refractivity contribution < 1.29 is 13.9 Å². The summed E-state index contributed by atoms with van der Waals surface area (Å²) in [6, 6.07) is 7.89. The van der Waals surface area contributed by atoms with Crippen LogP contribution in [0.3, 0.4) is 0 Å². The lowest BCUT2D eigenvalue weighted by atomic mass is 10.1. The molecule has 33 heavy (non-hydrogen) atoms. The number of carbonyl (C=O) groups is 1. The molecule has 2 aliphatic rings. The van der Waals surface area contributed by atoms with Gasteiger partial charge in [0.15, 0.2) is 5.58 Å². The van der Waals surface area contributed by atoms with E-state index in [9.17, 15) is 4.79 Å². The number of aromatic nitrogens is 3. The molecule has 4 heterocycles. The Bertz CT molecular complexity index is 1370. The molecule has 168 valence electrons. The molecule has 9 heteroatoms. The Morgan fingerprint density at radius 2 is 2.00 bits per heavy atom. The van der Waals surface area contributed by atoms with E-state index in [1.54, 1.807) is 19.5 Å². The molecule has 0 radical (unpaired) electrons. The molecule has 2 N–H and O–H groups in total. The molecule has 1 aromatic carbocycles. The third kappa shape index (κ3) is 3.54. The van der Waals surface area contributed by atoms with E-state index in [1.165, 1.54) is 0 Å². The number of carbonyl (C=O) groups excluding carboxylic acids is 1. The quantitative estimate of drug-likeness (QED) is 0.464. The van der Waals surface area contributed by atoms with Crippen LogP contribution in [0, 0.1) is 5.92 Å². The third-order valence-corrected chi connectivity index (χ3v) is 6.36. The first-order valence-electron chi connectivity index (χ1n) is 11.1. The van der Waals surface area contributed by atoms with Crippen molar-refractivity contribution in [1.82, 2.24) is 15.0 Å². The van der Waals surface area contributed by atoms with Crippen LogP contribution in [0.1, 0.15) is 12.8 Å². The van der Waals surface area contributed by atoms with Crippen LogP contribution in [0.2, 0.25) is 0 Å². The lowest BCUT2D eigenvalue weighted by Gasteiger charge is -2.39. The van der Waals surface area contributed by atoms with Crippen molar-refractivity contribution in [2.75, 3.05) is 42.8 Å². The number of methoxy groups -OCH3 is 1.